The summed E-state index contributed by atoms with van der Waals surface area (Å²) in [6.07, 6.45) is 3.22. The Morgan fingerprint density at radius 3 is 2.67 bits per heavy atom. The van der Waals surface area contributed by atoms with Crippen molar-refractivity contribution in [3.8, 4) is 5.82 Å². The first-order valence-electron chi connectivity index (χ1n) is 10.5. The summed E-state index contributed by atoms with van der Waals surface area (Å²) >= 11 is 0. The molecule has 0 radical (unpaired) electrons. The van der Waals surface area contributed by atoms with E-state index in [2.05, 4.69) is 25.9 Å². The number of urea groups is 1. The van der Waals surface area contributed by atoms with E-state index in [1.807, 2.05) is 0 Å². The smallest absolute Gasteiger partial charge is 0.323 e. The van der Waals surface area contributed by atoms with Gasteiger partial charge in [-0.15, -0.1) is 0 Å². The minimum absolute atomic E-state index is 0.151. The van der Waals surface area contributed by atoms with Crippen molar-refractivity contribution >= 4 is 29.2 Å². The monoisotopic (exact) mass is 447 g/mol. The van der Waals surface area contributed by atoms with Gasteiger partial charge in [0.2, 0.25) is 0 Å². The molecule has 1 saturated carbocycles. The first-order chi connectivity index (χ1) is 15.8. The number of carbonyl (C=O) groups is 3. The lowest BCUT2D eigenvalue weighted by Crippen LogP contribution is -2.46. The van der Waals surface area contributed by atoms with E-state index in [4.69, 9.17) is 0 Å². The Labute approximate surface area is 187 Å². The largest absolute Gasteiger partial charge is 0.329 e. The van der Waals surface area contributed by atoms with E-state index in [9.17, 15) is 19.2 Å². The third-order valence-electron chi connectivity index (χ3n) is 6.11. The zero-order valence-electron chi connectivity index (χ0n) is 18.0. The normalized spacial score (nSPS) is 20.1. The van der Waals surface area contributed by atoms with Crippen LogP contribution in [0.5, 0.6) is 0 Å². The highest BCUT2D eigenvalue weighted by Crippen LogP contribution is 2.43. The lowest BCUT2D eigenvalue weighted by molar-refractivity contribution is -0.122. The van der Waals surface area contributed by atoms with Gasteiger partial charge < -0.3 is 10.6 Å². The van der Waals surface area contributed by atoms with Gasteiger partial charge in [0.1, 0.15) is 5.54 Å². The highest BCUT2D eigenvalue weighted by atomic mass is 16.2. The van der Waals surface area contributed by atoms with E-state index >= 15 is 0 Å². The summed E-state index contributed by atoms with van der Waals surface area (Å²) in [6.45, 7) is 3.46. The zero-order chi connectivity index (χ0) is 23.3. The Morgan fingerprint density at radius 1 is 1.18 bits per heavy atom. The predicted octanol–water partition coefficient (Wildman–Crippen LogP) is 1.74. The van der Waals surface area contributed by atoms with Gasteiger partial charge in [-0.3, -0.25) is 14.4 Å². The van der Waals surface area contributed by atoms with Crippen molar-refractivity contribution in [2.45, 2.75) is 32.2 Å². The lowest BCUT2D eigenvalue weighted by Gasteiger charge is -2.21. The molecule has 2 aliphatic rings. The van der Waals surface area contributed by atoms with Crippen molar-refractivity contribution in [1.82, 2.24) is 25.3 Å². The van der Waals surface area contributed by atoms with Crippen LogP contribution in [-0.2, 0) is 4.79 Å². The van der Waals surface area contributed by atoms with Crippen LogP contribution >= 0.6 is 0 Å². The topological polar surface area (TPSA) is 142 Å². The van der Waals surface area contributed by atoms with Gasteiger partial charge in [0.25, 0.3) is 17.4 Å². The SMILES string of the molecule is Cc1c(C(=O)Nc2cccc(N3C(=O)NC(C)(C4CC4)C3=O)c2)cnn1-c1ccc(=O)[nH]n1. The molecule has 1 saturated heterocycles. The lowest BCUT2D eigenvalue weighted by atomic mass is 9.96. The van der Waals surface area contributed by atoms with Crippen LogP contribution in [0.4, 0.5) is 16.2 Å². The highest BCUT2D eigenvalue weighted by Gasteiger charge is 2.56. The number of rotatable bonds is 5. The number of anilines is 2. The number of amides is 4. The van der Waals surface area contributed by atoms with Crippen molar-refractivity contribution in [2.75, 3.05) is 10.2 Å². The van der Waals surface area contributed by atoms with E-state index in [1.54, 1.807) is 38.1 Å². The zero-order valence-corrected chi connectivity index (χ0v) is 18.0. The second-order valence-corrected chi connectivity index (χ2v) is 8.39. The van der Waals surface area contributed by atoms with Crippen LogP contribution in [0.3, 0.4) is 0 Å². The summed E-state index contributed by atoms with van der Waals surface area (Å²) < 4.78 is 1.44. The fraction of sp³-hybridized carbons (Fsp3) is 0.273. The van der Waals surface area contributed by atoms with Crippen LogP contribution < -0.4 is 21.1 Å². The Hall–Kier alpha value is -4.28. The molecule has 11 nitrogen and oxygen atoms in total. The Morgan fingerprint density at radius 2 is 1.97 bits per heavy atom. The molecule has 1 aliphatic heterocycles. The molecule has 2 aromatic heterocycles. The van der Waals surface area contributed by atoms with Gasteiger partial charge in [0.05, 0.1) is 23.1 Å². The number of aromatic amines is 1. The van der Waals surface area contributed by atoms with Crippen LogP contribution in [0.15, 0.2) is 47.4 Å². The fourth-order valence-corrected chi connectivity index (χ4v) is 4.07. The maximum absolute atomic E-state index is 13.0. The summed E-state index contributed by atoms with van der Waals surface area (Å²) in [7, 11) is 0. The molecule has 2 fully saturated rings. The average molecular weight is 447 g/mol. The molecule has 1 aliphatic carbocycles. The maximum Gasteiger partial charge on any atom is 0.329 e. The second kappa shape index (κ2) is 7.40. The first kappa shape index (κ1) is 20.6. The molecular weight excluding hydrogens is 426 g/mol. The van der Waals surface area contributed by atoms with Crippen LogP contribution in [-0.4, -0.2) is 43.4 Å². The summed E-state index contributed by atoms with van der Waals surface area (Å²) in [5.41, 5.74) is 0.404. The van der Waals surface area contributed by atoms with Crippen molar-refractivity contribution in [3.05, 3.63) is 64.2 Å². The predicted molar refractivity (Wildman–Crippen MR) is 118 cm³/mol. The van der Waals surface area contributed by atoms with E-state index in [0.717, 1.165) is 17.7 Å². The van der Waals surface area contributed by atoms with E-state index in [1.165, 1.54) is 23.0 Å². The van der Waals surface area contributed by atoms with Crippen LogP contribution in [0.25, 0.3) is 5.82 Å². The van der Waals surface area contributed by atoms with Gasteiger partial charge in [-0.25, -0.2) is 19.5 Å². The standard InChI is InChI=1S/C22H21N7O4/c1-12-16(11-23-29(12)17-8-9-18(30)27-26-17)19(31)24-14-4-3-5-15(10-14)28-20(32)22(2,13-6-7-13)25-21(28)33/h3-5,8-11,13H,6-7H2,1-2H3,(H,24,31)(H,25,33)(H,27,30). The molecule has 1 unspecified atom stereocenters. The fourth-order valence-electron chi connectivity index (χ4n) is 4.07. The van der Waals surface area contributed by atoms with Gasteiger partial charge in [0, 0.05) is 11.8 Å². The summed E-state index contributed by atoms with van der Waals surface area (Å²) in [5, 5.41) is 16.0. The molecule has 5 rings (SSSR count). The molecule has 3 N–H and O–H groups in total. The Balaban J connectivity index is 1.37. The van der Waals surface area contributed by atoms with Crippen LogP contribution in [0.2, 0.25) is 0 Å². The summed E-state index contributed by atoms with van der Waals surface area (Å²) in [4.78, 5) is 50.8. The van der Waals surface area contributed by atoms with Crippen molar-refractivity contribution < 1.29 is 14.4 Å². The number of hydrogen-bond donors (Lipinski definition) is 3. The van der Waals surface area contributed by atoms with Gasteiger partial charge in [0.15, 0.2) is 5.82 Å². The first-order valence-corrected chi connectivity index (χ1v) is 10.5. The average Bonchev–Trinajstić information content (AvgIpc) is 3.53. The quantitative estimate of drug-likeness (QED) is 0.509. The Kier molecular flexibility index (Phi) is 4.62. The molecule has 3 heterocycles. The molecule has 33 heavy (non-hydrogen) atoms. The molecule has 3 aromatic rings. The number of hydrogen-bond acceptors (Lipinski definition) is 6. The van der Waals surface area contributed by atoms with Gasteiger partial charge in [-0.1, -0.05) is 6.07 Å². The number of H-pyrrole nitrogens is 1. The molecule has 1 atom stereocenters. The van der Waals surface area contributed by atoms with E-state index in [-0.39, 0.29) is 17.4 Å². The van der Waals surface area contributed by atoms with Crippen molar-refractivity contribution in [3.63, 3.8) is 0 Å². The number of aromatic nitrogens is 4. The minimum Gasteiger partial charge on any atom is -0.323 e. The van der Waals surface area contributed by atoms with Gasteiger partial charge in [-0.2, -0.15) is 10.2 Å². The van der Waals surface area contributed by atoms with Crippen molar-refractivity contribution in [2.24, 2.45) is 5.92 Å². The summed E-state index contributed by atoms with van der Waals surface area (Å²) in [5.74, 6) is -0.187. The molecule has 168 valence electrons. The summed E-state index contributed by atoms with van der Waals surface area (Å²) in [6, 6.07) is 8.91. The number of nitrogens with one attached hydrogen (secondary N) is 3. The molecule has 11 heteroatoms. The third kappa shape index (κ3) is 3.47. The maximum atomic E-state index is 13.0. The van der Waals surface area contributed by atoms with E-state index < -0.39 is 17.5 Å². The molecular formula is C22H21N7O4. The molecule has 0 spiro atoms. The third-order valence-corrected chi connectivity index (χ3v) is 6.11. The van der Waals surface area contributed by atoms with Crippen molar-refractivity contribution in [1.29, 1.82) is 0 Å². The minimum atomic E-state index is -0.891. The number of carbonyl (C=O) groups excluding carboxylic acids is 3. The second-order valence-electron chi connectivity index (χ2n) is 8.39. The molecule has 4 amide bonds. The number of nitrogens with zero attached hydrogens (tertiary/aromatic N) is 4. The number of imide groups is 1. The van der Waals surface area contributed by atoms with Gasteiger partial charge >= 0.3 is 6.03 Å². The molecule has 0 bridgehead atoms. The Bertz CT molecular complexity index is 1340. The van der Waals surface area contributed by atoms with Crippen LogP contribution in [0, 0.1) is 12.8 Å². The molecule has 1 aromatic carbocycles. The van der Waals surface area contributed by atoms with Crippen LogP contribution in [0.1, 0.15) is 35.8 Å². The number of benzene rings is 1. The van der Waals surface area contributed by atoms with E-state index in [0.29, 0.717) is 28.5 Å². The van der Waals surface area contributed by atoms with Gasteiger partial charge in [-0.05, 0) is 56.9 Å². The highest BCUT2D eigenvalue weighted by molar-refractivity contribution is 6.23.